The van der Waals surface area contributed by atoms with Crippen LogP contribution >= 0.6 is 0 Å². The highest BCUT2D eigenvalue weighted by molar-refractivity contribution is 4.71. The van der Waals surface area contributed by atoms with Crippen LogP contribution in [0.15, 0.2) is 0 Å². The minimum Gasteiger partial charge on any atom is -0.315 e. The fourth-order valence-electron chi connectivity index (χ4n) is 2.19. The van der Waals surface area contributed by atoms with Crippen LogP contribution in [0.25, 0.3) is 0 Å². The topological polar surface area (TPSA) is 18.5 Å². The molecule has 0 spiro atoms. The summed E-state index contributed by atoms with van der Waals surface area (Å²) in [4.78, 5) is 5.12. The average Bonchev–Trinajstić information content (AvgIpc) is 2.34. The van der Waals surface area contributed by atoms with Gasteiger partial charge in [-0.25, -0.2) is 0 Å². The number of nitrogens with one attached hydrogen (secondary N) is 1. The molecule has 0 aromatic heterocycles. The van der Waals surface area contributed by atoms with Crippen molar-refractivity contribution in [2.24, 2.45) is 0 Å². The van der Waals surface area contributed by atoms with Crippen molar-refractivity contribution in [2.45, 2.75) is 33.1 Å². The predicted octanol–water partition coefficient (Wildman–Crippen LogP) is 1.40. The Balaban J connectivity index is 1.90. The molecule has 0 saturated carbocycles. The molecular formula is C13H29N3. The minimum atomic E-state index is 1.16. The van der Waals surface area contributed by atoms with Crippen LogP contribution in [0.5, 0.6) is 0 Å². The molecule has 0 bridgehead atoms. The molecule has 0 unspecified atom stereocenters. The lowest BCUT2D eigenvalue weighted by atomic mass is 10.2. The van der Waals surface area contributed by atoms with Crippen molar-refractivity contribution in [1.29, 1.82) is 0 Å². The summed E-state index contributed by atoms with van der Waals surface area (Å²) in [6.45, 7) is 14.3. The Hall–Kier alpha value is -0.120. The maximum Gasteiger partial charge on any atom is 0.0110 e. The van der Waals surface area contributed by atoms with Gasteiger partial charge in [0.1, 0.15) is 0 Å². The first kappa shape index (κ1) is 13.9. The largest absolute Gasteiger partial charge is 0.315 e. The lowest BCUT2D eigenvalue weighted by molar-refractivity contribution is 0.138. The first-order valence-corrected chi connectivity index (χ1v) is 7.02. The molecule has 96 valence electrons. The Morgan fingerprint density at radius 3 is 2.19 bits per heavy atom. The molecule has 1 heterocycles. The zero-order chi connectivity index (χ0) is 11.6. The van der Waals surface area contributed by atoms with E-state index in [0.29, 0.717) is 0 Å². The Morgan fingerprint density at radius 2 is 1.56 bits per heavy atom. The minimum absolute atomic E-state index is 1.16. The molecule has 1 saturated heterocycles. The van der Waals surface area contributed by atoms with Gasteiger partial charge < -0.3 is 10.2 Å². The third kappa shape index (κ3) is 5.83. The van der Waals surface area contributed by atoms with E-state index in [2.05, 4.69) is 29.0 Å². The highest BCUT2D eigenvalue weighted by Crippen LogP contribution is 1.99. The number of unbranched alkanes of at least 4 members (excludes halogenated alkanes) is 2. The fourth-order valence-corrected chi connectivity index (χ4v) is 2.19. The Kier molecular flexibility index (Phi) is 7.81. The van der Waals surface area contributed by atoms with E-state index in [-0.39, 0.29) is 0 Å². The molecule has 0 aromatic rings. The van der Waals surface area contributed by atoms with Crippen molar-refractivity contribution < 1.29 is 0 Å². The van der Waals surface area contributed by atoms with Crippen LogP contribution in [0, 0.1) is 0 Å². The van der Waals surface area contributed by atoms with E-state index in [0.717, 1.165) is 6.54 Å². The van der Waals surface area contributed by atoms with E-state index in [9.17, 15) is 0 Å². The smallest absolute Gasteiger partial charge is 0.0110 e. The van der Waals surface area contributed by atoms with Crippen LogP contribution in [0.1, 0.15) is 33.1 Å². The number of rotatable bonds is 8. The third-order valence-corrected chi connectivity index (χ3v) is 3.47. The van der Waals surface area contributed by atoms with E-state index in [1.807, 2.05) is 0 Å². The van der Waals surface area contributed by atoms with Gasteiger partial charge in [-0.15, -0.1) is 0 Å². The molecule has 0 aliphatic carbocycles. The molecule has 1 aliphatic rings. The summed E-state index contributed by atoms with van der Waals surface area (Å²) in [5.74, 6) is 0. The quantitative estimate of drug-likeness (QED) is 0.633. The molecule has 3 heteroatoms. The molecule has 1 aliphatic heterocycles. The normalized spacial score (nSPS) is 19.1. The van der Waals surface area contributed by atoms with Crippen LogP contribution < -0.4 is 5.32 Å². The summed E-state index contributed by atoms with van der Waals surface area (Å²) in [6.07, 6.45) is 4.02. The fraction of sp³-hybridized carbons (Fsp3) is 1.00. The highest BCUT2D eigenvalue weighted by atomic mass is 15.3. The summed E-state index contributed by atoms with van der Waals surface area (Å²) in [6, 6.07) is 0. The Bertz CT molecular complexity index is 153. The Morgan fingerprint density at radius 1 is 0.875 bits per heavy atom. The summed E-state index contributed by atoms with van der Waals surface area (Å²) < 4.78 is 0. The van der Waals surface area contributed by atoms with Crippen molar-refractivity contribution in [1.82, 2.24) is 15.1 Å². The van der Waals surface area contributed by atoms with Gasteiger partial charge in [0, 0.05) is 39.3 Å². The number of likely N-dealkylation sites (N-methyl/N-ethyl adjacent to an activating group) is 1. The number of hydrogen-bond donors (Lipinski definition) is 1. The van der Waals surface area contributed by atoms with Crippen molar-refractivity contribution in [2.75, 3.05) is 52.4 Å². The highest BCUT2D eigenvalue weighted by Gasteiger charge is 2.14. The molecule has 1 rings (SSSR count). The van der Waals surface area contributed by atoms with Crippen LogP contribution in [-0.4, -0.2) is 62.2 Å². The molecular weight excluding hydrogens is 198 g/mol. The summed E-state index contributed by atoms with van der Waals surface area (Å²) in [7, 11) is 0. The standard InChI is InChI=1S/C13H29N3/c1-3-5-6-7-14-8-9-16-12-10-15(4-2)11-13-16/h14H,3-13H2,1-2H3. The second kappa shape index (κ2) is 8.97. The van der Waals surface area contributed by atoms with Gasteiger partial charge in [0.25, 0.3) is 0 Å². The van der Waals surface area contributed by atoms with Gasteiger partial charge in [-0.2, -0.15) is 0 Å². The van der Waals surface area contributed by atoms with Gasteiger partial charge in [0.2, 0.25) is 0 Å². The van der Waals surface area contributed by atoms with E-state index in [4.69, 9.17) is 0 Å². The lowest BCUT2D eigenvalue weighted by Crippen LogP contribution is -2.47. The van der Waals surface area contributed by atoms with Gasteiger partial charge in [-0.3, -0.25) is 4.90 Å². The maximum atomic E-state index is 3.54. The number of piperazine rings is 1. The number of hydrogen-bond acceptors (Lipinski definition) is 3. The lowest BCUT2D eigenvalue weighted by Gasteiger charge is -2.34. The molecule has 16 heavy (non-hydrogen) atoms. The SMILES string of the molecule is CCCCCNCCN1CCN(CC)CC1. The van der Waals surface area contributed by atoms with Crippen molar-refractivity contribution in [3.8, 4) is 0 Å². The molecule has 0 atom stereocenters. The molecule has 1 fully saturated rings. The summed E-state index contributed by atoms with van der Waals surface area (Å²) >= 11 is 0. The average molecular weight is 227 g/mol. The van der Waals surface area contributed by atoms with E-state index in [1.165, 1.54) is 65.1 Å². The monoisotopic (exact) mass is 227 g/mol. The Labute approximate surface area is 101 Å². The van der Waals surface area contributed by atoms with Gasteiger partial charge in [0.15, 0.2) is 0 Å². The molecule has 3 nitrogen and oxygen atoms in total. The van der Waals surface area contributed by atoms with E-state index in [1.54, 1.807) is 0 Å². The summed E-state index contributed by atoms with van der Waals surface area (Å²) in [5.41, 5.74) is 0. The second-order valence-electron chi connectivity index (χ2n) is 4.73. The van der Waals surface area contributed by atoms with E-state index < -0.39 is 0 Å². The summed E-state index contributed by atoms with van der Waals surface area (Å²) in [5, 5.41) is 3.54. The van der Waals surface area contributed by atoms with Crippen LogP contribution in [0.4, 0.5) is 0 Å². The third-order valence-electron chi connectivity index (χ3n) is 3.47. The first-order chi connectivity index (χ1) is 7.86. The maximum absolute atomic E-state index is 3.54. The van der Waals surface area contributed by atoms with E-state index >= 15 is 0 Å². The number of nitrogens with zero attached hydrogens (tertiary/aromatic N) is 2. The molecule has 0 aromatic carbocycles. The van der Waals surface area contributed by atoms with Gasteiger partial charge in [0.05, 0.1) is 0 Å². The van der Waals surface area contributed by atoms with Crippen molar-refractivity contribution in [3.05, 3.63) is 0 Å². The second-order valence-corrected chi connectivity index (χ2v) is 4.73. The first-order valence-electron chi connectivity index (χ1n) is 7.02. The predicted molar refractivity (Wildman–Crippen MR) is 70.9 cm³/mol. The van der Waals surface area contributed by atoms with Crippen molar-refractivity contribution in [3.63, 3.8) is 0 Å². The van der Waals surface area contributed by atoms with Gasteiger partial charge in [-0.1, -0.05) is 26.7 Å². The zero-order valence-electron chi connectivity index (χ0n) is 11.2. The molecule has 0 radical (unpaired) electrons. The molecule has 1 N–H and O–H groups in total. The zero-order valence-corrected chi connectivity index (χ0v) is 11.2. The van der Waals surface area contributed by atoms with Crippen LogP contribution in [0.3, 0.4) is 0 Å². The molecule has 0 amide bonds. The van der Waals surface area contributed by atoms with Crippen LogP contribution in [-0.2, 0) is 0 Å². The van der Waals surface area contributed by atoms with Crippen molar-refractivity contribution >= 4 is 0 Å². The van der Waals surface area contributed by atoms with Gasteiger partial charge >= 0.3 is 0 Å². The van der Waals surface area contributed by atoms with Gasteiger partial charge in [-0.05, 0) is 19.5 Å². The van der Waals surface area contributed by atoms with Crippen LogP contribution in [0.2, 0.25) is 0 Å².